The van der Waals surface area contributed by atoms with Gasteiger partial charge in [-0.1, -0.05) is 30.3 Å². The first kappa shape index (κ1) is 14.3. The number of pyridine rings is 2. The normalized spacial score (nSPS) is 18.5. The zero-order valence-electron chi connectivity index (χ0n) is 13.2. The van der Waals surface area contributed by atoms with Gasteiger partial charge < -0.3 is 0 Å². The Balaban J connectivity index is 1.44. The van der Waals surface area contributed by atoms with Crippen molar-refractivity contribution in [3.05, 3.63) is 72.3 Å². The first-order valence-electron chi connectivity index (χ1n) is 8.31. The minimum Gasteiger partial charge on any atom is -0.299 e. The van der Waals surface area contributed by atoms with Crippen molar-refractivity contribution in [3.8, 4) is 0 Å². The number of rotatable bonds is 4. The van der Waals surface area contributed by atoms with Gasteiger partial charge >= 0.3 is 0 Å². The molecule has 0 bridgehead atoms. The van der Waals surface area contributed by atoms with Gasteiger partial charge in [0.2, 0.25) is 0 Å². The highest BCUT2D eigenvalue weighted by Gasteiger charge is 2.23. The lowest BCUT2D eigenvalue weighted by Crippen LogP contribution is -2.20. The monoisotopic (exact) mass is 303 g/mol. The third-order valence-corrected chi connectivity index (χ3v) is 4.76. The molecule has 3 heteroatoms. The van der Waals surface area contributed by atoms with E-state index in [1.165, 1.54) is 34.9 Å². The quantitative estimate of drug-likeness (QED) is 0.736. The van der Waals surface area contributed by atoms with E-state index in [9.17, 15) is 0 Å². The lowest BCUT2D eigenvalue weighted by Gasteiger charge is -2.16. The van der Waals surface area contributed by atoms with Crippen LogP contribution in [0.3, 0.4) is 0 Å². The maximum Gasteiger partial charge on any atom is 0.0346 e. The fraction of sp³-hybridized carbons (Fsp3) is 0.300. The minimum atomic E-state index is 0.722. The summed E-state index contributed by atoms with van der Waals surface area (Å²) in [4.78, 5) is 11.2. The molecule has 0 saturated carbocycles. The van der Waals surface area contributed by atoms with Crippen molar-refractivity contribution >= 4 is 10.8 Å². The molecule has 1 aliphatic rings. The average molecular weight is 303 g/mol. The summed E-state index contributed by atoms with van der Waals surface area (Å²) in [6.07, 6.45) is 10.2. The molecule has 0 unspecified atom stereocenters. The molecule has 1 saturated heterocycles. The van der Waals surface area contributed by atoms with Crippen LogP contribution in [-0.4, -0.2) is 28.0 Å². The third kappa shape index (κ3) is 3.25. The van der Waals surface area contributed by atoms with Gasteiger partial charge in [-0.2, -0.15) is 0 Å². The molecule has 0 radical (unpaired) electrons. The predicted octanol–water partition coefficient (Wildman–Crippen LogP) is 3.69. The van der Waals surface area contributed by atoms with Gasteiger partial charge in [0.15, 0.2) is 0 Å². The van der Waals surface area contributed by atoms with Gasteiger partial charge in [0.05, 0.1) is 0 Å². The Morgan fingerprint density at radius 1 is 1.00 bits per heavy atom. The topological polar surface area (TPSA) is 29.0 Å². The van der Waals surface area contributed by atoms with Crippen LogP contribution in [-0.2, 0) is 13.0 Å². The smallest absolute Gasteiger partial charge is 0.0346 e. The van der Waals surface area contributed by atoms with Crippen molar-refractivity contribution in [2.24, 2.45) is 5.92 Å². The van der Waals surface area contributed by atoms with Gasteiger partial charge in [0.1, 0.15) is 0 Å². The lowest BCUT2D eigenvalue weighted by atomic mass is 9.96. The fourth-order valence-electron chi connectivity index (χ4n) is 3.63. The SMILES string of the molecule is c1cncc(CN2CC[C@@H](Cc3cncc4ccccc34)C2)c1. The van der Waals surface area contributed by atoms with Crippen LogP contribution in [0.1, 0.15) is 17.5 Å². The van der Waals surface area contributed by atoms with E-state index in [0.717, 1.165) is 25.4 Å². The van der Waals surface area contributed by atoms with Crippen molar-refractivity contribution in [2.45, 2.75) is 19.4 Å². The minimum absolute atomic E-state index is 0.722. The molecule has 1 aliphatic heterocycles. The predicted molar refractivity (Wildman–Crippen MR) is 93.1 cm³/mol. The van der Waals surface area contributed by atoms with E-state index in [0.29, 0.717) is 0 Å². The largest absolute Gasteiger partial charge is 0.299 e. The summed E-state index contributed by atoms with van der Waals surface area (Å²) < 4.78 is 0. The summed E-state index contributed by atoms with van der Waals surface area (Å²) >= 11 is 0. The molecule has 2 aromatic heterocycles. The summed E-state index contributed by atoms with van der Waals surface area (Å²) in [5.41, 5.74) is 2.69. The third-order valence-electron chi connectivity index (χ3n) is 4.76. The molecular weight excluding hydrogens is 282 g/mol. The van der Waals surface area contributed by atoms with E-state index in [2.05, 4.69) is 45.2 Å². The van der Waals surface area contributed by atoms with E-state index in [1.54, 1.807) is 0 Å². The molecule has 1 fully saturated rings. The Morgan fingerprint density at radius 2 is 1.96 bits per heavy atom. The van der Waals surface area contributed by atoms with Gasteiger partial charge in [-0.25, -0.2) is 0 Å². The number of fused-ring (bicyclic) bond motifs is 1. The summed E-state index contributed by atoms with van der Waals surface area (Å²) in [5.74, 6) is 0.722. The van der Waals surface area contributed by atoms with Crippen LogP contribution >= 0.6 is 0 Å². The van der Waals surface area contributed by atoms with Crippen LogP contribution in [0.4, 0.5) is 0 Å². The molecule has 0 amide bonds. The van der Waals surface area contributed by atoms with Crippen LogP contribution < -0.4 is 0 Å². The molecular formula is C20H21N3. The lowest BCUT2D eigenvalue weighted by molar-refractivity contribution is 0.316. The maximum atomic E-state index is 4.42. The van der Waals surface area contributed by atoms with Gasteiger partial charge in [-0.05, 0) is 47.9 Å². The van der Waals surface area contributed by atoms with Crippen molar-refractivity contribution in [3.63, 3.8) is 0 Å². The van der Waals surface area contributed by atoms with Crippen LogP contribution in [0.15, 0.2) is 61.2 Å². The Bertz CT molecular complexity index is 780. The second kappa shape index (κ2) is 6.47. The molecule has 1 atom stereocenters. The average Bonchev–Trinajstić information content (AvgIpc) is 3.03. The number of benzene rings is 1. The number of nitrogens with zero attached hydrogens (tertiary/aromatic N) is 3. The second-order valence-corrected chi connectivity index (χ2v) is 6.47. The Morgan fingerprint density at radius 3 is 2.87 bits per heavy atom. The van der Waals surface area contributed by atoms with E-state index in [-0.39, 0.29) is 0 Å². The van der Waals surface area contributed by atoms with Gasteiger partial charge in [-0.15, -0.1) is 0 Å². The molecule has 4 rings (SSSR count). The molecule has 3 nitrogen and oxygen atoms in total. The maximum absolute atomic E-state index is 4.42. The molecule has 116 valence electrons. The molecule has 3 aromatic rings. The molecule has 0 N–H and O–H groups in total. The number of hydrogen-bond acceptors (Lipinski definition) is 3. The standard InChI is InChI=1S/C20H21N3/c1-2-6-20-18(5-1)12-22-13-19(20)10-16-7-9-23(14-16)15-17-4-3-8-21-11-17/h1-6,8,11-13,16H,7,9-10,14-15H2/t16-/m0/s1. The van der Waals surface area contributed by atoms with Gasteiger partial charge in [0, 0.05) is 43.3 Å². The second-order valence-electron chi connectivity index (χ2n) is 6.47. The van der Waals surface area contributed by atoms with Crippen molar-refractivity contribution in [1.82, 2.24) is 14.9 Å². The van der Waals surface area contributed by atoms with E-state index >= 15 is 0 Å². The molecule has 23 heavy (non-hydrogen) atoms. The zero-order valence-corrected chi connectivity index (χ0v) is 13.2. The van der Waals surface area contributed by atoms with Crippen LogP contribution in [0.5, 0.6) is 0 Å². The fourth-order valence-corrected chi connectivity index (χ4v) is 3.63. The molecule has 0 aliphatic carbocycles. The summed E-state index contributed by atoms with van der Waals surface area (Å²) in [6.45, 7) is 3.36. The Labute approximate surface area is 137 Å². The first-order valence-corrected chi connectivity index (χ1v) is 8.31. The number of aromatic nitrogens is 2. The van der Waals surface area contributed by atoms with E-state index < -0.39 is 0 Å². The van der Waals surface area contributed by atoms with E-state index in [1.807, 2.05) is 30.9 Å². The molecule has 1 aromatic carbocycles. The van der Waals surface area contributed by atoms with E-state index in [4.69, 9.17) is 0 Å². The summed E-state index contributed by atoms with van der Waals surface area (Å²) in [7, 11) is 0. The summed E-state index contributed by atoms with van der Waals surface area (Å²) in [5, 5.41) is 2.60. The summed E-state index contributed by atoms with van der Waals surface area (Å²) in [6, 6.07) is 12.7. The van der Waals surface area contributed by atoms with Crippen molar-refractivity contribution < 1.29 is 0 Å². The van der Waals surface area contributed by atoms with Gasteiger partial charge in [0.25, 0.3) is 0 Å². The van der Waals surface area contributed by atoms with Gasteiger partial charge in [-0.3, -0.25) is 14.9 Å². The number of likely N-dealkylation sites (tertiary alicyclic amines) is 1. The molecule has 3 heterocycles. The van der Waals surface area contributed by atoms with Crippen molar-refractivity contribution in [2.75, 3.05) is 13.1 Å². The van der Waals surface area contributed by atoms with Crippen LogP contribution in [0.2, 0.25) is 0 Å². The Kier molecular flexibility index (Phi) is 4.03. The van der Waals surface area contributed by atoms with Crippen LogP contribution in [0, 0.1) is 5.92 Å². The van der Waals surface area contributed by atoms with Crippen LogP contribution in [0.25, 0.3) is 10.8 Å². The highest BCUT2D eigenvalue weighted by atomic mass is 15.1. The molecule has 0 spiro atoms. The first-order chi connectivity index (χ1) is 11.4. The highest BCUT2D eigenvalue weighted by molar-refractivity contribution is 5.84. The Hall–Kier alpha value is -2.26. The number of hydrogen-bond donors (Lipinski definition) is 0. The van der Waals surface area contributed by atoms with Crippen molar-refractivity contribution in [1.29, 1.82) is 0 Å². The zero-order chi connectivity index (χ0) is 15.5. The highest BCUT2D eigenvalue weighted by Crippen LogP contribution is 2.25.